The second-order valence-corrected chi connectivity index (χ2v) is 5.80. The van der Waals surface area contributed by atoms with Crippen LogP contribution in [0.5, 0.6) is 5.75 Å². The van der Waals surface area contributed by atoms with Crippen molar-refractivity contribution in [2.45, 2.75) is 32.9 Å². The summed E-state index contributed by atoms with van der Waals surface area (Å²) in [5.74, 6) is 1.43. The maximum absolute atomic E-state index is 5.31. The van der Waals surface area contributed by atoms with Gasteiger partial charge in [-0.15, -0.1) is 0 Å². The predicted octanol–water partition coefficient (Wildman–Crippen LogP) is 4.74. The molecule has 0 aliphatic carbocycles. The topological polar surface area (TPSA) is 21.3 Å². The van der Waals surface area contributed by atoms with Crippen LogP contribution in [-0.2, 0) is 0 Å². The fraction of sp³-hybridized carbons (Fsp3) is 0.368. The molecule has 21 heavy (non-hydrogen) atoms. The summed E-state index contributed by atoms with van der Waals surface area (Å²) >= 11 is 0. The Balaban J connectivity index is 2.16. The number of hydrogen-bond donors (Lipinski definition) is 1. The van der Waals surface area contributed by atoms with Crippen molar-refractivity contribution in [1.82, 2.24) is 5.32 Å². The molecule has 0 heterocycles. The van der Waals surface area contributed by atoms with Crippen LogP contribution in [0.4, 0.5) is 0 Å². The number of benzene rings is 2. The van der Waals surface area contributed by atoms with Gasteiger partial charge in [0, 0.05) is 12.1 Å². The lowest BCUT2D eigenvalue weighted by atomic mass is 9.94. The van der Waals surface area contributed by atoms with Crippen LogP contribution in [0, 0.1) is 5.92 Å². The number of hydrogen-bond acceptors (Lipinski definition) is 2. The van der Waals surface area contributed by atoms with E-state index < -0.39 is 0 Å². The molecule has 0 bridgehead atoms. The Morgan fingerprint density at radius 1 is 0.857 bits per heavy atom. The number of nitrogens with one attached hydrogen (secondary N) is 1. The molecule has 2 rings (SSSR count). The van der Waals surface area contributed by atoms with Gasteiger partial charge in [0.15, 0.2) is 0 Å². The van der Waals surface area contributed by atoms with Crippen LogP contribution in [0.2, 0.25) is 0 Å². The van der Waals surface area contributed by atoms with Gasteiger partial charge < -0.3 is 10.1 Å². The van der Waals surface area contributed by atoms with E-state index in [1.54, 1.807) is 7.11 Å². The van der Waals surface area contributed by atoms with Crippen molar-refractivity contribution >= 4 is 0 Å². The molecule has 0 spiro atoms. The molecule has 2 nitrogen and oxygen atoms in total. The third kappa shape index (κ3) is 4.08. The smallest absolute Gasteiger partial charge is 0.119 e. The zero-order valence-electron chi connectivity index (χ0n) is 13.3. The summed E-state index contributed by atoms with van der Waals surface area (Å²) in [5, 5.41) is 3.74. The molecule has 112 valence electrons. The molecule has 2 aromatic rings. The van der Waals surface area contributed by atoms with E-state index >= 15 is 0 Å². The number of methoxy groups -OCH3 is 1. The lowest BCUT2D eigenvalue weighted by Crippen LogP contribution is -2.28. The molecule has 1 N–H and O–H groups in total. The van der Waals surface area contributed by atoms with Gasteiger partial charge >= 0.3 is 0 Å². The highest BCUT2D eigenvalue weighted by atomic mass is 16.5. The van der Waals surface area contributed by atoms with Crippen molar-refractivity contribution in [3.63, 3.8) is 0 Å². The molecule has 0 radical (unpaired) electrons. The molecule has 0 saturated carbocycles. The lowest BCUT2D eigenvalue weighted by molar-refractivity contribution is 0.372. The van der Waals surface area contributed by atoms with Gasteiger partial charge in [-0.3, -0.25) is 0 Å². The van der Waals surface area contributed by atoms with Gasteiger partial charge in [0.05, 0.1) is 7.11 Å². The van der Waals surface area contributed by atoms with E-state index in [0.717, 1.165) is 5.75 Å². The van der Waals surface area contributed by atoms with Crippen LogP contribution >= 0.6 is 0 Å². The van der Waals surface area contributed by atoms with Crippen LogP contribution in [0.15, 0.2) is 54.6 Å². The number of ether oxygens (including phenoxy) is 1. The van der Waals surface area contributed by atoms with Gasteiger partial charge in [0.2, 0.25) is 0 Å². The van der Waals surface area contributed by atoms with Gasteiger partial charge in [0.25, 0.3) is 0 Å². The molecule has 0 aliphatic rings. The maximum Gasteiger partial charge on any atom is 0.119 e. The molecular formula is C19H25NO. The van der Waals surface area contributed by atoms with Crippen molar-refractivity contribution in [1.29, 1.82) is 0 Å². The van der Waals surface area contributed by atoms with E-state index in [4.69, 9.17) is 4.74 Å². The zero-order chi connectivity index (χ0) is 15.2. The van der Waals surface area contributed by atoms with Gasteiger partial charge in [0.1, 0.15) is 5.75 Å². The first-order valence-electron chi connectivity index (χ1n) is 7.56. The van der Waals surface area contributed by atoms with E-state index in [2.05, 4.69) is 68.6 Å². The number of rotatable bonds is 6. The molecular weight excluding hydrogens is 258 g/mol. The van der Waals surface area contributed by atoms with Gasteiger partial charge in [-0.1, -0.05) is 56.3 Å². The Bertz CT molecular complexity index is 551. The molecule has 2 heteroatoms. The first kappa shape index (κ1) is 15.6. The lowest BCUT2D eigenvalue weighted by Gasteiger charge is -2.27. The highest BCUT2D eigenvalue weighted by Gasteiger charge is 2.18. The minimum Gasteiger partial charge on any atom is -0.497 e. The van der Waals surface area contributed by atoms with E-state index in [1.165, 1.54) is 11.1 Å². The fourth-order valence-corrected chi connectivity index (χ4v) is 2.61. The molecule has 0 amide bonds. The van der Waals surface area contributed by atoms with E-state index in [9.17, 15) is 0 Å². The first-order chi connectivity index (χ1) is 10.1. The average Bonchev–Trinajstić information content (AvgIpc) is 2.53. The third-order valence-electron chi connectivity index (χ3n) is 3.85. The quantitative estimate of drug-likeness (QED) is 0.826. The minimum absolute atomic E-state index is 0.271. The third-order valence-corrected chi connectivity index (χ3v) is 3.85. The fourth-order valence-electron chi connectivity index (χ4n) is 2.61. The van der Waals surface area contributed by atoms with Crippen LogP contribution < -0.4 is 10.1 Å². The van der Waals surface area contributed by atoms with E-state index in [1.807, 2.05) is 12.1 Å². The second kappa shape index (κ2) is 7.28. The Kier molecular flexibility index (Phi) is 5.40. The summed E-state index contributed by atoms with van der Waals surface area (Å²) in [6.07, 6.45) is 0. The van der Waals surface area contributed by atoms with Crippen LogP contribution in [0.25, 0.3) is 0 Å². The zero-order valence-corrected chi connectivity index (χ0v) is 13.3. The van der Waals surface area contributed by atoms with Gasteiger partial charge in [-0.25, -0.2) is 0 Å². The van der Waals surface area contributed by atoms with Gasteiger partial charge in [-0.05, 0) is 36.1 Å². The van der Waals surface area contributed by atoms with Crippen LogP contribution in [0.1, 0.15) is 44.0 Å². The highest BCUT2D eigenvalue weighted by Crippen LogP contribution is 2.26. The van der Waals surface area contributed by atoms with Crippen molar-refractivity contribution in [2.24, 2.45) is 5.92 Å². The monoisotopic (exact) mass is 283 g/mol. The summed E-state index contributed by atoms with van der Waals surface area (Å²) in [7, 11) is 1.71. The summed E-state index contributed by atoms with van der Waals surface area (Å²) in [4.78, 5) is 0. The molecule has 0 saturated heterocycles. The summed E-state index contributed by atoms with van der Waals surface area (Å²) in [6, 6.07) is 19.5. The minimum atomic E-state index is 0.271. The average molecular weight is 283 g/mol. The summed E-state index contributed by atoms with van der Waals surface area (Å²) < 4.78 is 5.31. The van der Waals surface area contributed by atoms with Crippen LogP contribution in [0.3, 0.4) is 0 Å². The second-order valence-electron chi connectivity index (χ2n) is 5.80. The SMILES string of the molecule is COc1cccc([C@@H](C)NC(c2ccccc2)C(C)C)c1. The Morgan fingerprint density at radius 3 is 2.14 bits per heavy atom. The van der Waals surface area contributed by atoms with Crippen molar-refractivity contribution in [3.05, 3.63) is 65.7 Å². The highest BCUT2D eigenvalue weighted by molar-refractivity contribution is 5.30. The van der Waals surface area contributed by atoms with E-state index in [-0.39, 0.29) is 6.04 Å². The Hall–Kier alpha value is -1.80. The van der Waals surface area contributed by atoms with Crippen molar-refractivity contribution in [3.8, 4) is 5.75 Å². The maximum atomic E-state index is 5.31. The first-order valence-corrected chi connectivity index (χ1v) is 7.56. The summed E-state index contributed by atoms with van der Waals surface area (Å²) in [6.45, 7) is 6.71. The normalized spacial score (nSPS) is 14.0. The molecule has 0 aromatic heterocycles. The molecule has 0 fully saturated rings. The molecule has 1 unspecified atom stereocenters. The standard InChI is InChI=1S/C19H25NO/c1-14(2)19(16-9-6-5-7-10-16)20-15(3)17-11-8-12-18(13-17)21-4/h5-15,19-20H,1-4H3/t15-,19?/m1/s1. The van der Waals surface area contributed by atoms with Crippen molar-refractivity contribution in [2.75, 3.05) is 7.11 Å². The van der Waals surface area contributed by atoms with Crippen LogP contribution in [-0.4, -0.2) is 7.11 Å². The molecule has 2 atom stereocenters. The molecule has 2 aromatic carbocycles. The predicted molar refractivity (Wildman–Crippen MR) is 88.6 cm³/mol. The largest absolute Gasteiger partial charge is 0.497 e. The van der Waals surface area contributed by atoms with Crippen molar-refractivity contribution < 1.29 is 4.74 Å². The Labute approximate surface area is 128 Å². The Morgan fingerprint density at radius 2 is 1.52 bits per heavy atom. The molecule has 0 aliphatic heterocycles. The summed E-state index contributed by atoms with van der Waals surface area (Å²) in [5.41, 5.74) is 2.58. The van der Waals surface area contributed by atoms with E-state index in [0.29, 0.717) is 12.0 Å². The van der Waals surface area contributed by atoms with Gasteiger partial charge in [-0.2, -0.15) is 0 Å².